The molecule has 2 aromatic carbocycles. The summed E-state index contributed by atoms with van der Waals surface area (Å²) in [5, 5.41) is 0. The largest absolute Gasteiger partial charge is 0.307 e. The molecule has 1 aliphatic heterocycles. The van der Waals surface area contributed by atoms with Crippen molar-refractivity contribution in [3.05, 3.63) is 53.6 Å². The van der Waals surface area contributed by atoms with Gasteiger partial charge in [0.15, 0.2) is 0 Å². The Morgan fingerprint density at radius 1 is 0.970 bits per heavy atom. The molecule has 2 aromatic rings. The number of halogens is 1. The number of rotatable bonds is 4. The molecule has 2 aliphatic carbocycles. The molecular weight excluding hydrogens is 484 g/mol. The highest BCUT2D eigenvalue weighted by Gasteiger charge is 2.53. The van der Waals surface area contributed by atoms with E-state index in [4.69, 9.17) is 10.7 Å². The van der Waals surface area contributed by atoms with Crippen LogP contribution in [0.25, 0.3) is 0 Å². The Morgan fingerprint density at radius 2 is 1.64 bits per heavy atom. The molecular formula is C23H25ClN2O5S2. The summed E-state index contributed by atoms with van der Waals surface area (Å²) in [6.07, 6.45) is 7.68. The van der Waals surface area contributed by atoms with Crippen LogP contribution in [-0.2, 0) is 24.5 Å². The number of amides is 1. The third-order valence-corrected chi connectivity index (χ3v) is 9.41. The highest BCUT2D eigenvalue weighted by Crippen LogP contribution is 2.62. The van der Waals surface area contributed by atoms with E-state index in [0.717, 1.165) is 43.2 Å². The second-order valence-corrected chi connectivity index (χ2v) is 14.1. The van der Waals surface area contributed by atoms with Crippen molar-refractivity contribution in [1.82, 2.24) is 0 Å². The minimum Gasteiger partial charge on any atom is -0.307 e. The SMILES string of the molecule is CS(=O)(=O)Nc1ccc2c(c1)C1(CCC3(CC3)CC1)CN2C(=O)c1cccc(S(=O)(=O)Cl)c1. The second-order valence-electron chi connectivity index (χ2n) is 9.74. The van der Waals surface area contributed by atoms with Crippen LogP contribution in [0.1, 0.15) is 54.4 Å². The molecule has 33 heavy (non-hydrogen) atoms. The topological polar surface area (TPSA) is 101 Å². The van der Waals surface area contributed by atoms with Gasteiger partial charge in [0, 0.05) is 39.6 Å². The lowest BCUT2D eigenvalue weighted by atomic mass is 9.66. The van der Waals surface area contributed by atoms with Gasteiger partial charge in [0.1, 0.15) is 0 Å². The van der Waals surface area contributed by atoms with Crippen LogP contribution in [0.15, 0.2) is 47.4 Å². The summed E-state index contributed by atoms with van der Waals surface area (Å²) in [6, 6.07) is 11.0. The first kappa shape index (κ1) is 22.7. The Morgan fingerprint density at radius 3 is 2.24 bits per heavy atom. The number of anilines is 2. The Bertz CT molecular complexity index is 1360. The fourth-order valence-corrected chi connectivity index (χ4v) is 6.78. The zero-order chi connectivity index (χ0) is 23.6. The van der Waals surface area contributed by atoms with E-state index < -0.39 is 19.1 Å². The van der Waals surface area contributed by atoms with Gasteiger partial charge in [0.2, 0.25) is 10.0 Å². The van der Waals surface area contributed by atoms with Gasteiger partial charge in [-0.2, -0.15) is 0 Å². The maximum absolute atomic E-state index is 13.5. The number of nitrogens with zero attached hydrogens (tertiary/aromatic N) is 1. The number of sulfonamides is 1. The first-order chi connectivity index (χ1) is 15.4. The summed E-state index contributed by atoms with van der Waals surface area (Å²) in [5.41, 5.74) is 2.64. The van der Waals surface area contributed by atoms with Gasteiger partial charge in [0.25, 0.3) is 15.0 Å². The minimum absolute atomic E-state index is 0.120. The van der Waals surface area contributed by atoms with Gasteiger partial charge in [-0.1, -0.05) is 6.07 Å². The maximum atomic E-state index is 13.5. The van der Waals surface area contributed by atoms with E-state index in [0.29, 0.717) is 17.6 Å². The number of carbonyl (C=O) groups excluding carboxylic acids is 1. The third kappa shape index (κ3) is 4.26. The Labute approximate surface area is 198 Å². The van der Waals surface area contributed by atoms with E-state index >= 15 is 0 Å². The van der Waals surface area contributed by atoms with Crippen LogP contribution in [0.5, 0.6) is 0 Å². The van der Waals surface area contributed by atoms with Crippen LogP contribution in [0, 0.1) is 5.41 Å². The van der Waals surface area contributed by atoms with E-state index in [1.54, 1.807) is 23.1 Å². The second kappa shape index (κ2) is 7.45. The van der Waals surface area contributed by atoms with Crippen LogP contribution < -0.4 is 9.62 Å². The molecule has 10 heteroatoms. The molecule has 1 heterocycles. The van der Waals surface area contributed by atoms with Crippen LogP contribution in [-0.4, -0.2) is 35.5 Å². The molecule has 0 radical (unpaired) electrons. The normalized spacial score (nSPS) is 20.6. The monoisotopic (exact) mass is 508 g/mol. The number of nitrogens with one attached hydrogen (secondary N) is 1. The van der Waals surface area contributed by atoms with Crippen molar-refractivity contribution in [2.24, 2.45) is 5.41 Å². The average Bonchev–Trinajstić information content (AvgIpc) is 3.44. The minimum atomic E-state index is -3.96. The number of fused-ring (bicyclic) bond motifs is 2. The Hall–Kier alpha value is -2.10. The first-order valence-electron chi connectivity index (χ1n) is 10.9. The highest BCUT2D eigenvalue weighted by molar-refractivity contribution is 8.13. The number of benzene rings is 2. The number of hydrogen-bond donors (Lipinski definition) is 1. The molecule has 1 N–H and O–H groups in total. The molecule has 5 rings (SSSR count). The molecule has 7 nitrogen and oxygen atoms in total. The summed E-state index contributed by atoms with van der Waals surface area (Å²) in [4.78, 5) is 15.1. The smallest absolute Gasteiger partial charge is 0.261 e. The van der Waals surface area contributed by atoms with E-state index in [2.05, 4.69) is 4.72 Å². The Balaban J connectivity index is 1.54. The van der Waals surface area contributed by atoms with Crippen LogP contribution in [0.4, 0.5) is 11.4 Å². The predicted molar refractivity (Wildman–Crippen MR) is 128 cm³/mol. The average molecular weight is 509 g/mol. The lowest BCUT2D eigenvalue weighted by molar-refractivity contribution is 0.0980. The quantitative estimate of drug-likeness (QED) is 0.622. The van der Waals surface area contributed by atoms with E-state index in [9.17, 15) is 21.6 Å². The van der Waals surface area contributed by atoms with Crippen molar-refractivity contribution < 1.29 is 21.6 Å². The standard InChI is InChI=1S/C23H25ClN2O5S2/c1-32(28,29)25-17-5-6-20-19(14-17)23(11-9-22(7-8-22)10-12-23)15-26(20)21(27)16-3-2-4-18(13-16)33(24,30)31/h2-6,13-14,25H,7-12,15H2,1H3. The van der Waals surface area contributed by atoms with Crippen LogP contribution >= 0.6 is 10.7 Å². The summed E-state index contributed by atoms with van der Waals surface area (Å²) >= 11 is 0. The molecule has 1 amide bonds. The fourth-order valence-electron chi connectivity index (χ4n) is 5.43. The predicted octanol–water partition coefficient (Wildman–Crippen LogP) is 4.24. The molecule has 2 saturated carbocycles. The van der Waals surface area contributed by atoms with Gasteiger partial charge in [-0.05, 0) is 85.9 Å². The molecule has 2 spiro atoms. The zero-order valence-electron chi connectivity index (χ0n) is 18.2. The van der Waals surface area contributed by atoms with E-state index in [1.165, 1.54) is 31.0 Å². The van der Waals surface area contributed by atoms with Crippen molar-refractivity contribution in [3.8, 4) is 0 Å². The summed E-state index contributed by atoms with van der Waals surface area (Å²) in [5.74, 6) is -0.300. The van der Waals surface area contributed by atoms with Gasteiger partial charge in [-0.15, -0.1) is 0 Å². The fraction of sp³-hybridized carbons (Fsp3) is 0.435. The van der Waals surface area contributed by atoms with Gasteiger partial charge in [-0.25, -0.2) is 16.8 Å². The van der Waals surface area contributed by atoms with Crippen molar-refractivity contribution >= 4 is 47.0 Å². The van der Waals surface area contributed by atoms with Crippen molar-refractivity contribution in [2.45, 2.75) is 48.8 Å². The molecule has 176 valence electrons. The third-order valence-electron chi connectivity index (χ3n) is 7.46. The summed E-state index contributed by atoms with van der Waals surface area (Å²) in [6.45, 7) is 0.484. The lowest BCUT2D eigenvalue weighted by Crippen LogP contribution is -2.40. The molecule has 0 unspecified atom stereocenters. The van der Waals surface area contributed by atoms with E-state index in [-0.39, 0.29) is 21.8 Å². The Kier molecular flexibility index (Phi) is 5.12. The molecule has 0 atom stereocenters. The molecule has 0 bridgehead atoms. The van der Waals surface area contributed by atoms with Crippen molar-refractivity contribution in [3.63, 3.8) is 0 Å². The molecule has 2 fully saturated rings. The van der Waals surface area contributed by atoms with Gasteiger partial charge in [0.05, 0.1) is 11.2 Å². The lowest BCUT2D eigenvalue weighted by Gasteiger charge is -2.38. The van der Waals surface area contributed by atoms with Gasteiger partial charge in [-0.3, -0.25) is 9.52 Å². The highest BCUT2D eigenvalue weighted by atomic mass is 35.7. The van der Waals surface area contributed by atoms with Crippen LogP contribution in [0.3, 0.4) is 0 Å². The number of hydrogen-bond acceptors (Lipinski definition) is 5. The van der Waals surface area contributed by atoms with Gasteiger partial charge < -0.3 is 4.90 Å². The zero-order valence-corrected chi connectivity index (χ0v) is 20.6. The van der Waals surface area contributed by atoms with Crippen molar-refractivity contribution in [1.29, 1.82) is 0 Å². The van der Waals surface area contributed by atoms with Crippen LogP contribution in [0.2, 0.25) is 0 Å². The molecule has 0 aromatic heterocycles. The van der Waals surface area contributed by atoms with E-state index in [1.807, 2.05) is 6.07 Å². The van der Waals surface area contributed by atoms with Gasteiger partial charge >= 0.3 is 0 Å². The molecule has 3 aliphatic rings. The summed E-state index contributed by atoms with van der Waals surface area (Å²) in [7, 11) is -1.91. The van der Waals surface area contributed by atoms with Crippen molar-refractivity contribution in [2.75, 3.05) is 22.4 Å². The summed E-state index contributed by atoms with van der Waals surface area (Å²) < 4.78 is 49.7. The number of carbonyl (C=O) groups is 1. The first-order valence-corrected chi connectivity index (χ1v) is 15.1. The molecule has 0 saturated heterocycles. The maximum Gasteiger partial charge on any atom is 0.261 e.